The second kappa shape index (κ2) is 6.88. The van der Waals surface area contributed by atoms with Gasteiger partial charge in [-0.1, -0.05) is 13.3 Å². The molecule has 1 aliphatic carbocycles. The summed E-state index contributed by atoms with van der Waals surface area (Å²) in [7, 11) is 0. The van der Waals surface area contributed by atoms with Crippen molar-refractivity contribution in [1.29, 1.82) is 0 Å². The van der Waals surface area contributed by atoms with Crippen LogP contribution >= 0.6 is 0 Å². The Balaban J connectivity index is 1.86. The van der Waals surface area contributed by atoms with Gasteiger partial charge in [0.05, 0.1) is 11.6 Å². The number of nitrogens with zero attached hydrogens (tertiary/aromatic N) is 2. The smallest absolute Gasteiger partial charge is 0.341 e. The molecular formula is C21H26FN3O3. The summed E-state index contributed by atoms with van der Waals surface area (Å²) in [6, 6.07) is 3.22. The molecule has 2 aliphatic rings. The molecule has 0 unspecified atom stereocenters. The van der Waals surface area contributed by atoms with Crippen LogP contribution < -0.4 is 16.1 Å². The van der Waals surface area contributed by atoms with E-state index in [-0.39, 0.29) is 11.6 Å². The highest BCUT2D eigenvalue weighted by Crippen LogP contribution is 2.42. The average molecular weight is 387 g/mol. The summed E-state index contributed by atoms with van der Waals surface area (Å²) in [5.74, 6) is -0.780. The number of hydrogen-bond donors (Lipinski definition) is 2. The minimum Gasteiger partial charge on any atom is -0.477 e. The van der Waals surface area contributed by atoms with E-state index in [1.54, 1.807) is 10.6 Å². The van der Waals surface area contributed by atoms with Gasteiger partial charge in [-0.25, -0.2) is 9.18 Å². The van der Waals surface area contributed by atoms with Crippen molar-refractivity contribution in [3.05, 3.63) is 39.7 Å². The van der Waals surface area contributed by atoms with Crippen LogP contribution in [0.25, 0.3) is 10.9 Å². The maximum absolute atomic E-state index is 13.9. The lowest BCUT2D eigenvalue weighted by Crippen LogP contribution is -2.48. The van der Waals surface area contributed by atoms with Crippen molar-refractivity contribution in [2.45, 2.75) is 51.4 Å². The van der Waals surface area contributed by atoms with Gasteiger partial charge in [-0.2, -0.15) is 0 Å². The Kier molecular flexibility index (Phi) is 4.65. The number of halogens is 1. The number of aryl methyl sites for hydroxylation is 1. The number of carboxylic acid groups (broad SMARTS) is 1. The first-order chi connectivity index (χ1) is 13.3. The maximum atomic E-state index is 13.9. The third-order valence-corrected chi connectivity index (χ3v) is 6.36. The van der Waals surface area contributed by atoms with Crippen LogP contribution in [0.3, 0.4) is 0 Å². The topological polar surface area (TPSA) is 88.6 Å². The number of anilines is 1. The van der Waals surface area contributed by atoms with E-state index in [0.717, 1.165) is 37.2 Å². The first kappa shape index (κ1) is 18.9. The van der Waals surface area contributed by atoms with Crippen LogP contribution in [0.2, 0.25) is 0 Å². The highest BCUT2D eigenvalue weighted by atomic mass is 19.1. The van der Waals surface area contributed by atoms with Crippen LogP contribution in [0, 0.1) is 12.8 Å². The predicted octanol–water partition coefficient (Wildman–Crippen LogP) is 2.85. The Hall–Kier alpha value is -2.41. The zero-order valence-electron chi connectivity index (χ0n) is 16.2. The summed E-state index contributed by atoms with van der Waals surface area (Å²) in [5, 5.41) is 9.72. The molecular weight excluding hydrogens is 361 g/mol. The normalized spacial score (nSPS) is 27.2. The van der Waals surface area contributed by atoms with E-state index in [1.165, 1.54) is 6.20 Å². The van der Waals surface area contributed by atoms with Crippen LogP contribution in [0.4, 0.5) is 10.1 Å². The molecule has 150 valence electrons. The van der Waals surface area contributed by atoms with Crippen molar-refractivity contribution in [2.24, 2.45) is 11.7 Å². The molecule has 0 radical (unpaired) electrons. The minimum absolute atomic E-state index is 0.0871. The van der Waals surface area contributed by atoms with Crippen LogP contribution in [0.1, 0.15) is 48.1 Å². The van der Waals surface area contributed by atoms with E-state index in [9.17, 15) is 19.1 Å². The molecule has 1 saturated carbocycles. The van der Waals surface area contributed by atoms with Gasteiger partial charge in [-0.05, 0) is 37.0 Å². The number of aromatic nitrogens is 1. The van der Waals surface area contributed by atoms with Gasteiger partial charge in [0.25, 0.3) is 0 Å². The van der Waals surface area contributed by atoms with Crippen LogP contribution in [0.15, 0.2) is 23.1 Å². The molecule has 3 N–H and O–H groups in total. The summed E-state index contributed by atoms with van der Waals surface area (Å²) in [4.78, 5) is 26.4. The zero-order chi connectivity index (χ0) is 20.2. The lowest BCUT2D eigenvalue weighted by atomic mass is 9.89. The summed E-state index contributed by atoms with van der Waals surface area (Å²) in [6.45, 7) is 5.69. The molecule has 28 heavy (non-hydrogen) atoms. The molecule has 1 aromatic heterocycles. The van der Waals surface area contributed by atoms with Crippen molar-refractivity contribution >= 4 is 22.6 Å². The van der Waals surface area contributed by atoms with Gasteiger partial charge < -0.3 is 20.3 Å². The lowest BCUT2D eigenvalue weighted by Gasteiger charge is -2.38. The largest absolute Gasteiger partial charge is 0.477 e. The SMILES string of the molecule is CC[C@@H]1CCN(c2ccc3c(=O)c(C(=O)O)cn([C@@H]4C[C@@H]4F)c3c2C)C[C@H]1N. The summed E-state index contributed by atoms with van der Waals surface area (Å²) >= 11 is 0. The van der Waals surface area contributed by atoms with Gasteiger partial charge in [0.1, 0.15) is 11.7 Å². The molecule has 2 heterocycles. The fraction of sp³-hybridized carbons (Fsp3) is 0.524. The molecule has 6 nitrogen and oxygen atoms in total. The number of carbonyl (C=O) groups is 1. The van der Waals surface area contributed by atoms with Gasteiger partial charge in [0.15, 0.2) is 0 Å². The number of pyridine rings is 1. The number of aromatic carboxylic acids is 1. The summed E-state index contributed by atoms with van der Waals surface area (Å²) < 4.78 is 15.5. The predicted molar refractivity (Wildman–Crippen MR) is 107 cm³/mol. The number of alkyl halides is 1. The van der Waals surface area contributed by atoms with Gasteiger partial charge in [0, 0.05) is 42.8 Å². The Morgan fingerprint density at radius 2 is 2.11 bits per heavy atom. The number of benzene rings is 1. The highest BCUT2D eigenvalue weighted by Gasteiger charge is 2.40. The lowest BCUT2D eigenvalue weighted by molar-refractivity contribution is 0.0694. The summed E-state index contributed by atoms with van der Waals surface area (Å²) in [5.41, 5.74) is 7.99. The van der Waals surface area contributed by atoms with Crippen molar-refractivity contribution in [3.63, 3.8) is 0 Å². The molecule has 7 heteroatoms. The van der Waals surface area contributed by atoms with E-state index >= 15 is 0 Å². The second-order valence-corrected chi connectivity index (χ2v) is 8.08. The molecule has 1 aliphatic heterocycles. The van der Waals surface area contributed by atoms with Crippen molar-refractivity contribution in [2.75, 3.05) is 18.0 Å². The van der Waals surface area contributed by atoms with Crippen LogP contribution in [0.5, 0.6) is 0 Å². The van der Waals surface area contributed by atoms with Crippen LogP contribution in [-0.4, -0.2) is 40.9 Å². The molecule has 4 rings (SSSR count). The Labute approximate surface area is 162 Å². The Bertz CT molecular complexity index is 1000. The van der Waals surface area contributed by atoms with E-state index in [4.69, 9.17) is 5.73 Å². The van der Waals surface area contributed by atoms with Gasteiger partial charge in [-0.3, -0.25) is 4.79 Å². The van der Waals surface area contributed by atoms with Gasteiger partial charge in [0.2, 0.25) is 5.43 Å². The Morgan fingerprint density at radius 3 is 2.68 bits per heavy atom. The number of hydrogen-bond acceptors (Lipinski definition) is 4. The first-order valence-electron chi connectivity index (χ1n) is 9.89. The highest BCUT2D eigenvalue weighted by molar-refractivity contribution is 5.95. The molecule has 0 bridgehead atoms. The molecule has 0 amide bonds. The number of rotatable bonds is 4. The minimum atomic E-state index is -1.29. The summed E-state index contributed by atoms with van der Waals surface area (Å²) in [6.07, 6.45) is 2.71. The number of piperidine rings is 1. The number of carboxylic acids is 1. The fourth-order valence-corrected chi connectivity index (χ4v) is 4.57. The zero-order valence-corrected chi connectivity index (χ0v) is 16.2. The average Bonchev–Trinajstić information content (AvgIpc) is 3.38. The second-order valence-electron chi connectivity index (χ2n) is 8.08. The van der Waals surface area contributed by atoms with E-state index in [1.807, 2.05) is 13.0 Å². The van der Waals surface area contributed by atoms with Crippen molar-refractivity contribution in [3.8, 4) is 0 Å². The molecule has 1 aromatic carbocycles. The maximum Gasteiger partial charge on any atom is 0.341 e. The van der Waals surface area contributed by atoms with E-state index < -0.39 is 23.6 Å². The molecule has 0 spiro atoms. The van der Waals surface area contributed by atoms with Crippen LogP contribution in [-0.2, 0) is 0 Å². The van der Waals surface area contributed by atoms with Gasteiger partial charge in [-0.15, -0.1) is 0 Å². The molecule has 1 saturated heterocycles. The quantitative estimate of drug-likeness (QED) is 0.842. The molecule has 2 fully saturated rings. The van der Waals surface area contributed by atoms with Gasteiger partial charge >= 0.3 is 5.97 Å². The number of fused-ring (bicyclic) bond motifs is 1. The third-order valence-electron chi connectivity index (χ3n) is 6.36. The fourth-order valence-electron chi connectivity index (χ4n) is 4.57. The van der Waals surface area contributed by atoms with E-state index in [0.29, 0.717) is 23.2 Å². The standard InChI is InChI=1S/C21H26FN3O3/c1-3-12-6-7-24(10-16(12)23)17-5-4-13-19(11(17)2)25(18-8-15(18)22)9-14(20(13)26)21(27)28/h4-5,9,12,15-16,18H,3,6-8,10,23H2,1-2H3,(H,27,28)/t12-,15+,16-,18-/m1/s1. The van der Waals surface area contributed by atoms with Crippen molar-refractivity contribution in [1.82, 2.24) is 4.57 Å². The molecule has 4 atom stereocenters. The van der Waals surface area contributed by atoms with E-state index in [2.05, 4.69) is 11.8 Å². The first-order valence-corrected chi connectivity index (χ1v) is 9.89. The third kappa shape index (κ3) is 2.98. The molecule has 2 aromatic rings. The Morgan fingerprint density at radius 1 is 1.39 bits per heavy atom. The van der Waals surface area contributed by atoms with Crippen molar-refractivity contribution < 1.29 is 14.3 Å². The monoisotopic (exact) mass is 387 g/mol. The number of nitrogens with two attached hydrogens (primary N) is 1.